The van der Waals surface area contributed by atoms with Crippen molar-refractivity contribution in [3.8, 4) is 5.75 Å². The van der Waals surface area contributed by atoms with Crippen LogP contribution in [0.4, 0.5) is 0 Å². The van der Waals surface area contributed by atoms with E-state index in [0.717, 1.165) is 24.2 Å². The third-order valence-electron chi connectivity index (χ3n) is 4.68. The summed E-state index contributed by atoms with van der Waals surface area (Å²) < 4.78 is 10.8. The van der Waals surface area contributed by atoms with Crippen LogP contribution in [0, 0.1) is 0 Å². The van der Waals surface area contributed by atoms with E-state index < -0.39 is 5.79 Å². The molecule has 1 spiro atoms. The topological polar surface area (TPSA) is 36.9 Å². The minimum atomic E-state index is -0.982. The van der Waals surface area contributed by atoms with Crippen LogP contribution >= 0.6 is 0 Å². The molecule has 0 radical (unpaired) electrons. The monoisotopic (exact) mass is 304 g/mol. The van der Waals surface area contributed by atoms with Crippen LogP contribution < -0.4 is 4.74 Å². The van der Waals surface area contributed by atoms with Gasteiger partial charge in [-0.3, -0.25) is 0 Å². The lowest BCUT2D eigenvalue weighted by Gasteiger charge is -2.39. The minimum absolute atomic E-state index is 0.287. The van der Waals surface area contributed by atoms with Crippen LogP contribution in [-0.2, 0) is 20.3 Å². The van der Waals surface area contributed by atoms with E-state index in [-0.39, 0.29) is 5.60 Å². The lowest BCUT2D eigenvalue weighted by Crippen LogP contribution is -2.42. The minimum Gasteiger partial charge on any atom is -0.497 e. The predicted octanol–water partition coefficient (Wildman–Crippen LogP) is 4.11. The molecule has 0 bridgehead atoms. The molecule has 0 amide bonds. The summed E-state index contributed by atoms with van der Waals surface area (Å²) in [6.45, 7) is 0. The number of methoxy groups -OCH3 is 2. The molecule has 1 atom stereocenters. The van der Waals surface area contributed by atoms with Crippen molar-refractivity contribution in [3.05, 3.63) is 42.0 Å². The van der Waals surface area contributed by atoms with Crippen molar-refractivity contribution < 1.29 is 19.2 Å². The van der Waals surface area contributed by atoms with E-state index >= 15 is 0 Å². The van der Waals surface area contributed by atoms with E-state index in [1.165, 1.54) is 25.7 Å². The maximum absolute atomic E-state index is 5.86. The first kappa shape index (κ1) is 15.5. The predicted molar refractivity (Wildman–Crippen MR) is 83.4 cm³/mol. The molecule has 4 heteroatoms. The Labute approximate surface area is 131 Å². The van der Waals surface area contributed by atoms with Crippen molar-refractivity contribution in [1.82, 2.24) is 0 Å². The second-order valence-corrected chi connectivity index (χ2v) is 6.08. The van der Waals surface area contributed by atoms with Gasteiger partial charge in [-0.15, -0.1) is 0 Å². The molecule has 1 heterocycles. The molecule has 22 heavy (non-hydrogen) atoms. The lowest BCUT2D eigenvalue weighted by atomic mass is 9.91. The normalized spacial score (nSPS) is 27.5. The van der Waals surface area contributed by atoms with Crippen molar-refractivity contribution in [1.29, 1.82) is 0 Å². The molecule has 120 valence electrons. The van der Waals surface area contributed by atoms with Crippen molar-refractivity contribution >= 4 is 0 Å². The largest absolute Gasteiger partial charge is 0.497 e. The average Bonchev–Trinajstić information content (AvgIpc) is 2.82. The summed E-state index contributed by atoms with van der Waals surface area (Å²) in [5, 5.41) is 0. The van der Waals surface area contributed by atoms with Crippen LogP contribution in [0.1, 0.15) is 44.1 Å². The highest BCUT2D eigenvalue weighted by Crippen LogP contribution is 2.41. The van der Waals surface area contributed by atoms with Gasteiger partial charge in [0.05, 0.1) is 7.11 Å². The first-order valence-corrected chi connectivity index (χ1v) is 7.99. The molecule has 0 aromatic heterocycles. The van der Waals surface area contributed by atoms with Crippen molar-refractivity contribution in [3.63, 3.8) is 0 Å². The summed E-state index contributed by atoms with van der Waals surface area (Å²) in [4.78, 5) is 11.6. The maximum Gasteiger partial charge on any atom is 0.246 e. The van der Waals surface area contributed by atoms with Gasteiger partial charge in [0, 0.05) is 12.7 Å². The van der Waals surface area contributed by atoms with Crippen LogP contribution in [0.3, 0.4) is 0 Å². The Bertz CT molecular complexity index is 514. The fourth-order valence-corrected chi connectivity index (χ4v) is 3.23. The summed E-state index contributed by atoms with van der Waals surface area (Å²) in [6.07, 6.45) is 11.0. The Hall–Kier alpha value is -1.36. The molecule has 3 rings (SSSR count). The standard InChI is InChI=1S/C18H24O4/c1-19-16-9-7-15(8-10-16)18(20-2)14-13-17(21-22-18)11-5-3-4-6-12-17/h7-10,13-14H,3-6,11-12H2,1-2H3. The fraction of sp³-hybridized carbons (Fsp3) is 0.556. The van der Waals surface area contributed by atoms with E-state index in [0.29, 0.717) is 0 Å². The van der Waals surface area contributed by atoms with Crippen molar-refractivity contribution in [2.75, 3.05) is 14.2 Å². The Morgan fingerprint density at radius 1 is 0.864 bits per heavy atom. The quantitative estimate of drug-likeness (QED) is 0.622. The molecule has 1 aromatic carbocycles. The van der Waals surface area contributed by atoms with Crippen LogP contribution in [0.5, 0.6) is 5.75 Å². The van der Waals surface area contributed by atoms with Gasteiger partial charge in [-0.25, -0.2) is 4.89 Å². The van der Waals surface area contributed by atoms with Crippen molar-refractivity contribution in [2.45, 2.75) is 49.9 Å². The SMILES string of the molecule is COc1ccc(C2(OC)C=CC3(CCCCCC3)OO2)cc1. The van der Waals surface area contributed by atoms with Crippen molar-refractivity contribution in [2.24, 2.45) is 0 Å². The third-order valence-corrected chi connectivity index (χ3v) is 4.68. The van der Waals surface area contributed by atoms with E-state index in [9.17, 15) is 0 Å². The molecule has 0 N–H and O–H groups in total. The average molecular weight is 304 g/mol. The van der Waals surface area contributed by atoms with Gasteiger partial charge in [-0.05, 0) is 49.3 Å². The Morgan fingerprint density at radius 3 is 2.05 bits per heavy atom. The zero-order valence-corrected chi connectivity index (χ0v) is 13.3. The van der Waals surface area contributed by atoms with Crippen LogP contribution in [0.2, 0.25) is 0 Å². The van der Waals surface area contributed by atoms with Gasteiger partial charge in [-0.1, -0.05) is 25.7 Å². The summed E-state index contributed by atoms with van der Waals surface area (Å²) in [5.74, 6) is -0.181. The van der Waals surface area contributed by atoms with Gasteiger partial charge >= 0.3 is 0 Å². The molecule has 2 aliphatic rings. The highest BCUT2D eigenvalue weighted by atomic mass is 17.2. The summed E-state index contributed by atoms with van der Waals surface area (Å²) >= 11 is 0. The van der Waals surface area contributed by atoms with E-state index in [4.69, 9.17) is 19.2 Å². The van der Waals surface area contributed by atoms with Gasteiger partial charge in [0.1, 0.15) is 11.4 Å². The molecular formula is C18H24O4. The van der Waals surface area contributed by atoms with Gasteiger partial charge in [0.25, 0.3) is 0 Å². The molecule has 4 nitrogen and oxygen atoms in total. The highest BCUT2D eigenvalue weighted by molar-refractivity contribution is 5.33. The first-order valence-electron chi connectivity index (χ1n) is 7.99. The molecule has 1 fully saturated rings. The summed E-state index contributed by atoms with van der Waals surface area (Å²) in [6, 6.07) is 7.65. The number of hydrogen-bond donors (Lipinski definition) is 0. The van der Waals surface area contributed by atoms with Crippen LogP contribution in [-0.4, -0.2) is 19.8 Å². The number of ether oxygens (including phenoxy) is 2. The summed E-state index contributed by atoms with van der Waals surface area (Å²) in [5.41, 5.74) is 0.598. The lowest BCUT2D eigenvalue weighted by molar-refractivity contribution is -0.458. The second kappa shape index (κ2) is 6.41. The molecule has 1 saturated carbocycles. The maximum atomic E-state index is 5.86. The van der Waals surface area contributed by atoms with Gasteiger partial charge < -0.3 is 9.47 Å². The van der Waals surface area contributed by atoms with Gasteiger partial charge in [0.2, 0.25) is 5.79 Å². The zero-order chi connectivity index (χ0) is 15.5. The van der Waals surface area contributed by atoms with E-state index in [2.05, 4.69) is 6.08 Å². The van der Waals surface area contributed by atoms with Gasteiger partial charge in [-0.2, -0.15) is 4.89 Å². The van der Waals surface area contributed by atoms with Gasteiger partial charge in [0.15, 0.2) is 0 Å². The van der Waals surface area contributed by atoms with Crippen LogP contribution in [0.15, 0.2) is 36.4 Å². The fourth-order valence-electron chi connectivity index (χ4n) is 3.23. The highest BCUT2D eigenvalue weighted by Gasteiger charge is 2.42. The zero-order valence-electron chi connectivity index (χ0n) is 13.3. The molecule has 1 aromatic rings. The molecular weight excluding hydrogens is 280 g/mol. The van der Waals surface area contributed by atoms with E-state index in [1.54, 1.807) is 14.2 Å². The second-order valence-electron chi connectivity index (χ2n) is 6.08. The first-order chi connectivity index (χ1) is 10.7. The molecule has 0 saturated heterocycles. The molecule has 1 aliphatic carbocycles. The van der Waals surface area contributed by atoms with E-state index in [1.807, 2.05) is 30.3 Å². The number of rotatable bonds is 3. The Kier molecular flexibility index (Phi) is 4.52. The number of benzene rings is 1. The Balaban J connectivity index is 1.85. The molecule has 1 aliphatic heterocycles. The smallest absolute Gasteiger partial charge is 0.246 e. The molecule has 1 unspecified atom stereocenters. The third kappa shape index (κ3) is 2.91. The Morgan fingerprint density at radius 2 is 1.55 bits per heavy atom. The number of hydrogen-bond acceptors (Lipinski definition) is 4. The van der Waals surface area contributed by atoms with Crippen LogP contribution in [0.25, 0.3) is 0 Å². The summed E-state index contributed by atoms with van der Waals surface area (Å²) in [7, 11) is 3.28.